The van der Waals surface area contributed by atoms with Gasteiger partial charge < -0.3 is 5.32 Å². The van der Waals surface area contributed by atoms with Crippen molar-refractivity contribution in [3.8, 4) is 12.3 Å². The number of alkyl halides is 3. The van der Waals surface area contributed by atoms with Crippen LogP contribution in [0.5, 0.6) is 0 Å². The molecule has 0 heterocycles. The summed E-state index contributed by atoms with van der Waals surface area (Å²) in [6.45, 7) is 1.81. The van der Waals surface area contributed by atoms with Crippen LogP contribution in [-0.4, -0.2) is 5.91 Å². The van der Waals surface area contributed by atoms with Crippen LogP contribution in [0.25, 0.3) is 0 Å². The Morgan fingerprint density at radius 2 is 1.91 bits per heavy atom. The highest BCUT2D eigenvalue weighted by molar-refractivity contribution is 14.1. The maximum absolute atomic E-state index is 12.9. The Balaban J connectivity index is 2.29. The van der Waals surface area contributed by atoms with Gasteiger partial charge in [0.25, 0.3) is 5.91 Å². The van der Waals surface area contributed by atoms with E-state index < -0.39 is 17.6 Å². The molecule has 0 spiro atoms. The molecular formula is C17H11F3INO. The fourth-order valence-electron chi connectivity index (χ4n) is 1.94. The third-order valence-corrected chi connectivity index (χ3v) is 4.13. The summed E-state index contributed by atoms with van der Waals surface area (Å²) in [6, 6.07) is 8.44. The van der Waals surface area contributed by atoms with Crippen molar-refractivity contribution in [3.05, 3.63) is 62.2 Å². The van der Waals surface area contributed by atoms with E-state index in [9.17, 15) is 18.0 Å². The molecule has 0 saturated heterocycles. The molecule has 0 aliphatic carbocycles. The van der Waals surface area contributed by atoms with Crippen LogP contribution in [0.4, 0.5) is 18.9 Å². The monoisotopic (exact) mass is 429 g/mol. The Morgan fingerprint density at radius 1 is 1.22 bits per heavy atom. The minimum atomic E-state index is -4.47. The van der Waals surface area contributed by atoms with Gasteiger partial charge in [0, 0.05) is 20.4 Å². The fourth-order valence-corrected chi connectivity index (χ4v) is 2.58. The van der Waals surface area contributed by atoms with Crippen molar-refractivity contribution in [2.75, 3.05) is 5.32 Å². The second-order valence-corrected chi connectivity index (χ2v) is 5.98. The highest BCUT2D eigenvalue weighted by atomic mass is 127. The third-order valence-electron chi connectivity index (χ3n) is 3.18. The Morgan fingerprint density at radius 3 is 2.52 bits per heavy atom. The van der Waals surface area contributed by atoms with Crippen molar-refractivity contribution in [3.63, 3.8) is 0 Å². The zero-order chi connectivity index (χ0) is 17.2. The number of hydrogen-bond donors (Lipinski definition) is 1. The van der Waals surface area contributed by atoms with Crippen molar-refractivity contribution >= 4 is 34.2 Å². The zero-order valence-electron chi connectivity index (χ0n) is 12.0. The molecule has 2 aromatic carbocycles. The fraction of sp³-hybridized carbons (Fsp3) is 0.118. The molecule has 2 rings (SSSR count). The first-order chi connectivity index (χ1) is 10.7. The lowest BCUT2D eigenvalue weighted by Crippen LogP contribution is -2.14. The van der Waals surface area contributed by atoms with E-state index in [1.807, 2.05) is 6.92 Å². The second kappa shape index (κ2) is 6.62. The summed E-state index contributed by atoms with van der Waals surface area (Å²) in [6.07, 6.45) is 0.875. The summed E-state index contributed by atoms with van der Waals surface area (Å²) in [4.78, 5) is 12.2. The Bertz CT molecular complexity index is 806. The summed E-state index contributed by atoms with van der Waals surface area (Å²) in [5.74, 6) is 1.94. The van der Waals surface area contributed by atoms with E-state index >= 15 is 0 Å². The van der Waals surface area contributed by atoms with Crippen molar-refractivity contribution in [1.29, 1.82) is 0 Å². The van der Waals surface area contributed by atoms with Crippen LogP contribution in [0.2, 0.25) is 0 Å². The zero-order valence-corrected chi connectivity index (χ0v) is 14.1. The van der Waals surface area contributed by atoms with Crippen LogP contribution >= 0.6 is 22.6 Å². The molecule has 0 unspecified atom stereocenters. The topological polar surface area (TPSA) is 29.1 Å². The maximum atomic E-state index is 12.9. The van der Waals surface area contributed by atoms with Gasteiger partial charge in [-0.2, -0.15) is 13.2 Å². The molecule has 0 aromatic heterocycles. The van der Waals surface area contributed by atoms with Crippen LogP contribution in [-0.2, 0) is 6.18 Å². The molecule has 0 aliphatic heterocycles. The van der Waals surface area contributed by atoms with Crippen LogP contribution in [0.3, 0.4) is 0 Å². The number of halogens is 4. The van der Waals surface area contributed by atoms with Gasteiger partial charge in [-0.05, 0) is 65.4 Å². The molecule has 6 heteroatoms. The van der Waals surface area contributed by atoms with Gasteiger partial charge in [0.1, 0.15) is 0 Å². The predicted octanol–water partition coefficient (Wildman–Crippen LogP) is 4.85. The van der Waals surface area contributed by atoms with Gasteiger partial charge in [-0.3, -0.25) is 4.79 Å². The van der Waals surface area contributed by atoms with Crippen molar-refractivity contribution in [1.82, 2.24) is 0 Å². The number of amides is 1. The smallest absolute Gasteiger partial charge is 0.322 e. The number of carbonyl (C=O) groups is 1. The van der Waals surface area contributed by atoms with Gasteiger partial charge in [0.05, 0.1) is 5.56 Å². The second-order valence-electron chi connectivity index (χ2n) is 4.82. The Labute approximate surface area is 145 Å². The molecule has 1 N–H and O–H groups in total. The van der Waals surface area contributed by atoms with E-state index in [0.717, 1.165) is 11.6 Å². The third kappa shape index (κ3) is 4.05. The lowest BCUT2D eigenvalue weighted by Gasteiger charge is -2.12. The first-order valence-electron chi connectivity index (χ1n) is 6.47. The van der Waals surface area contributed by atoms with Crippen molar-refractivity contribution < 1.29 is 18.0 Å². The first-order valence-corrected chi connectivity index (χ1v) is 7.55. The van der Waals surface area contributed by atoms with Crippen LogP contribution in [0, 0.1) is 22.8 Å². The van der Waals surface area contributed by atoms with Gasteiger partial charge >= 0.3 is 6.18 Å². The number of terminal acetylenes is 1. The largest absolute Gasteiger partial charge is 0.417 e. The molecule has 1 amide bonds. The summed E-state index contributed by atoms with van der Waals surface area (Å²) in [5.41, 5.74) is 0.985. The quantitative estimate of drug-likeness (QED) is 0.537. The van der Waals surface area contributed by atoms with E-state index in [0.29, 0.717) is 5.56 Å². The minimum absolute atomic E-state index is 0.0676. The normalized spacial score (nSPS) is 11.0. The summed E-state index contributed by atoms with van der Waals surface area (Å²) in [7, 11) is 0. The molecule has 118 valence electrons. The molecule has 0 saturated carbocycles. The molecular weight excluding hydrogens is 418 g/mol. The average molecular weight is 429 g/mol. The van der Waals surface area contributed by atoms with Gasteiger partial charge in [-0.1, -0.05) is 12.0 Å². The lowest BCUT2D eigenvalue weighted by atomic mass is 10.0. The molecule has 23 heavy (non-hydrogen) atoms. The number of rotatable bonds is 2. The number of anilines is 1. The van der Waals surface area contributed by atoms with Gasteiger partial charge in [0.15, 0.2) is 0 Å². The molecule has 2 aromatic rings. The molecule has 0 bridgehead atoms. The maximum Gasteiger partial charge on any atom is 0.417 e. The van der Waals surface area contributed by atoms with E-state index in [-0.39, 0.29) is 14.8 Å². The molecule has 0 aliphatic rings. The van der Waals surface area contributed by atoms with Crippen LogP contribution in [0.15, 0.2) is 36.4 Å². The highest BCUT2D eigenvalue weighted by Crippen LogP contribution is 2.34. The Kier molecular flexibility index (Phi) is 5.00. The van der Waals surface area contributed by atoms with Crippen LogP contribution < -0.4 is 5.32 Å². The van der Waals surface area contributed by atoms with Gasteiger partial charge in [0.2, 0.25) is 0 Å². The number of carbonyl (C=O) groups excluding carboxylic acids is 1. The Hall–Kier alpha value is -2.01. The van der Waals surface area contributed by atoms with E-state index in [2.05, 4.69) is 11.2 Å². The van der Waals surface area contributed by atoms with E-state index in [4.69, 9.17) is 6.42 Å². The molecule has 0 fully saturated rings. The van der Waals surface area contributed by atoms with E-state index in [1.165, 1.54) is 18.2 Å². The van der Waals surface area contributed by atoms with Crippen molar-refractivity contribution in [2.45, 2.75) is 13.1 Å². The first kappa shape index (κ1) is 17.3. The average Bonchev–Trinajstić information content (AvgIpc) is 2.48. The van der Waals surface area contributed by atoms with Crippen LogP contribution in [0.1, 0.15) is 27.0 Å². The minimum Gasteiger partial charge on any atom is -0.322 e. The summed E-state index contributed by atoms with van der Waals surface area (Å²) < 4.78 is 38.7. The molecule has 0 radical (unpaired) electrons. The van der Waals surface area contributed by atoms with Gasteiger partial charge in [-0.15, -0.1) is 6.42 Å². The van der Waals surface area contributed by atoms with E-state index in [1.54, 1.807) is 34.7 Å². The van der Waals surface area contributed by atoms with Gasteiger partial charge in [-0.25, -0.2) is 0 Å². The standard InChI is InChI=1S/C17H11F3INO/c1-3-11-8-12(5-4-10(11)2)16(23)22-13-6-7-15(21)14(9-13)17(18,19)20/h1,4-9H,2H3,(H,22,23). The lowest BCUT2D eigenvalue weighted by molar-refractivity contribution is -0.138. The SMILES string of the molecule is C#Cc1cc(C(=O)Nc2ccc(I)c(C(F)(F)F)c2)ccc1C. The highest BCUT2D eigenvalue weighted by Gasteiger charge is 2.33. The number of aryl methyl sites for hydroxylation is 1. The molecule has 2 nitrogen and oxygen atoms in total. The number of nitrogens with one attached hydrogen (secondary N) is 1. The predicted molar refractivity (Wildman–Crippen MR) is 91.2 cm³/mol. The summed E-state index contributed by atoms with van der Waals surface area (Å²) >= 11 is 1.61. The number of hydrogen-bond acceptors (Lipinski definition) is 1. The summed E-state index contributed by atoms with van der Waals surface area (Å²) in [5, 5.41) is 2.46. The van der Waals surface area contributed by atoms with Crippen molar-refractivity contribution in [2.24, 2.45) is 0 Å². The molecule has 0 atom stereocenters. The number of benzene rings is 2.